The van der Waals surface area contributed by atoms with Gasteiger partial charge in [0.1, 0.15) is 18.7 Å². The quantitative estimate of drug-likeness (QED) is 0.434. The van der Waals surface area contributed by atoms with E-state index in [2.05, 4.69) is 11.4 Å². The van der Waals surface area contributed by atoms with Gasteiger partial charge in [-0.05, 0) is 62.1 Å². The maximum absolute atomic E-state index is 13.8. The first-order valence-electron chi connectivity index (χ1n) is 13.8. The number of carbonyl (C=O) groups is 3. The first kappa shape index (κ1) is 28.3. The molecule has 0 saturated carbocycles. The predicted molar refractivity (Wildman–Crippen MR) is 149 cm³/mol. The van der Waals surface area contributed by atoms with E-state index in [1.54, 1.807) is 18.7 Å². The van der Waals surface area contributed by atoms with Crippen LogP contribution in [-0.4, -0.2) is 54.0 Å². The van der Waals surface area contributed by atoms with E-state index in [1.165, 1.54) is 0 Å². The smallest absolute Gasteiger partial charge is 0.329 e. The molecule has 1 unspecified atom stereocenters. The lowest BCUT2D eigenvalue weighted by Crippen LogP contribution is -2.58. The molecule has 1 aliphatic heterocycles. The van der Waals surface area contributed by atoms with Gasteiger partial charge >= 0.3 is 11.9 Å². The molecule has 1 saturated heterocycles. The third-order valence-electron chi connectivity index (χ3n) is 7.36. The Labute approximate surface area is 230 Å². The van der Waals surface area contributed by atoms with E-state index in [4.69, 9.17) is 9.47 Å². The van der Waals surface area contributed by atoms with Crippen molar-refractivity contribution >= 4 is 17.8 Å². The van der Waals surface area contributed by atoms with Crippen molar-refractivity contribution in [2.75, 3.05) is 13.2 Å². The summed E-state index contributed by atoms with van der Waals surface area (Å²) in [6.07, 6.45) is 8.65. The van der Waals surface area contributed by atoms with Gasteiger partial charge in [0, 0.05) is 6.54 Å². The summed E-state index contributed by atoms with van der Waals surface area (Å²) in [6, 6.07) is 17.4. The van der Waals surface area contributed by atoms with Crippen LogP contribution >= 0.6 is 0 Å². The maximum Gasteiger partial charge on any atom is 0.329 e. The summed E-state index contributed by atoms with van der Waals surface area (Å²) in [5.41, 5.74) is 3.13. The van der Waals surface area contributed by atoms with Gasteiger partial charge in [-0.2, -0.15) is 0 Å². The number of benzene rings is 2. The molecule has 7 heteroatoms. The van der Waals surface area contributed by atoms with Crippen LogP contribution < -0.4 is 5.32 Å². The van der Waals surface area contributed by atoms with Crippen molar-refractivity contribution in [1.29, 1.82) is 0 Å². The van der Waals surface area contributed by atoms with Crippen molar-refractivity contribution in [3.05, 3.63) is 95.6 Å². The lowest BCUT2D eigenvalue weighted by atomic mass is 9.81. The van der Waals surface area contributed by atoms with E-state index in [0.29, 0.717) is 25.8 Å². The Bertz CT molecular complexity index is 1180. The molecule has 1 amide bonds. The summed E-state index contributed by atoms with van der Waals surface area (Å²) in [4.78, 5) is 41.5. The molecule has 1 N–H and O–H groups in total. The number of amides is 1. The molecule has 0 radical (unpaired) electrons. The highest BCUT2D eigenvalue weighted by molar-refractivity contribution is 5.89. The van der Waals surface area contributed by atoms with Crippen LogP contribution in [0.15, 0.2) is 84.5 Å². The summed E-state index contributed by atoms with van der Waals surface area (Å²) in [5.74, 6) is -0.820. The Hall–Kier alpha value is -3.71. The van der Waals surface area contributed by atoms with Gasteiger partial charge in [0.15, 0.2) is 0 Å². The van der Waals surface area contributed by atoms with E-state index >= 15 is 0 Å². The number of esters is 2. The second-order valence-electron chi connectivity index (χ2n) is 10.1. The summed E-state index contributed by atoms with van der Waals surface area (Å²) in [6.45, 7) is 4.28. The topological polar surface area (TPSA) is 84.9 Å². The van der Waals surface area contributed by atoms with Crippen LogP contribution in [0, 0.1) is 5.92 Å². The zero-order valence-corrected chi connectivity index (χ0v) is 22.8. The molecule has 1 aliphatic carbocycles. The van der Waals surface area contributed by atoms with Gasteiger partial charge in [-0.1, -0.05) is 78.9 Å². The Morgan fingerprint density at radius 1 is 1.00 bits per heavy atom. The monoisotopic (exact) mass is 530 g/mol. The average Bonchev–Trinajstić information content (AvgIpc) is 2.98. The number of likely N-dealkylation sites (tertiary alicyclic amines) is 1. The van der Waals surface area contributed by atoms with Crippen molar-refractivity contribution < 1.29 is 23.9 Å². The van der Waals surface area contributed by atoms with Crippen molar-refractivity contribution in [1.82, 2.24) is 10.2 Å². The van der Waals surface area contributed by atoms with E-state index in [-0.39, 0.29) is 31.0 Å². The summed E-state index contributed by atoms with van der Waals surface area (Å²) < 4.78 is 11.0. The van der Waals surface area contributed by atoms with E-state index in [1.807, 2.05) is 72.8 Å². The van der Waals surface area contributed by atoms with Gasteiger partial charge in [0.2, 0.25) is 5.91 Å². The number of hydrogen-bond acceptors (Lipinski definition) is 6. The summed E-state index contributed by atoms with van der Waals surface area (Å²) >= 11 is 0. The minimum absolute atomic E-state index is 0.156. The first-order valence-corrected chi connectivity index (χ1v) is 13.8. The van der Waals surface area contributed by atoms with Crippen LogP contribution in [0.4, 0.5) is 0 Å². The third kappa shape index (κ3) is 7.67. The fourth-order valence-electron chi connectivity index (χ4n) is 5.22. The molecule has 2 aromatic rings. The number of fused-ring (bicyclic) bond motifs is 1. The summed E-state index contributed by atoms with van der Waals surface area (Å²) in [7, 11) is 0. The highest BCUT2D eigenvalue weighted by atomic mass is 16.5. The fourth-order valence-corrected chi connectivity index (χ4v) is 5.22. The van der Waals surface area contributed by atoms with E-state index < -0.39 is 24.1 Å². The van der Waals surface area contributed by atoms with Crippen LogP contribution in [0.5, 0.6) is 0 Å². The molecule has 7 nitrogen and oxygen atoms in total. The van der Waals surface area contributed by atoms with Gasteiger partial charge in [-0.25, -0.2) is 4.79 Å². The normalized spacial score (nSPS) is 19.8. The Morgan fingerprint density at radius 2 is 1.69 bits per heavy atom. The molecule has 1 heterocycles. The molecule has 1 fully saturated rings. The number of rotatable bonds is 11. The highest BCUT2D eigenvalue weighted by Gasteiger charge is 2.41. The number of hydrogen-bond donors (Lipinski definition) is 1. The van der Waals surface area contributed by atoms with Crippen LogP contribution in [0.25, 0.3) is 0 Å². The Kier molecular flexibility index (Phi) is 10.1. The molecular formula is C32H38N2O5. The number of nitrogens with zero attached hydrogens (tertiary/aromatic N) is 1. The minimum atomic E-state index is -0.698. The van der Waals surface area contributed by atoms with E-state index in [0.717, 1.165) is 23.1 Å². The van der Waals surface area contributed by atoms with Crippen LogP contribution in [-0.2, 0) is 36.9 Å². The van der Waals surface area contributed by atoms with Crippen LogP contribution in [0.2, 0.25) is 0 Å². The van der Waals surface area contributed by atoms with Gasteiger partial charge in [0.25, 0.3) is 0 Å². The molecule has 0 spiro atoms. The van der Waals surface area contributed by atoms with Crippen molar-refractivity contribution in [3.63, 3.8) is 0 Å². The molecule has 0 bridgehead atoms. The molecule has 206 valence electrons. The lowest BCUT2D eigenvalue weighted by molar-refractivity contribution is -0.159. The number of piperidine rings is 1. The molecular weight excluding hydrogens is 492 g/mol. The molecule has 2 aliphatic rings. The highest BCUT2D eigenvalue weighted by Crippen LogP contribution is 2.33. The second-order valence-corrected chi connectivity index (χ2v) is 10.1. The maximum atomic E-state index is 13.8. The zero-order chi connectivity index (χ0) is 27.6. The average molecular weight is 531 g/mol. The zero-order valence-electron chi connectivity index (χ0n) is 22.8. The van der Waals surface area contributed by atoms with E-state index in [9.17, 15) is 14.4 Å². The van der Waals surface area contributed by atoms with Gasteiger partial charge in [0.05, 0.1) is 12.6 Å². The van der Waals surface area contributed by atoms with Crippen LogP contribution in [0.1, 0.15) is 44.2 Å². The third-order valence-corrected chi connectivity index (χ3v) is 7.36. The van der Waals surface area contributed by atoms with Gasteiger partial charge in [-0.15, -0.1) is 0 Å². The first-order chi connectivity index (χ1) is 19.0. The molecule has 0 aromatic heterocycles. The Balaban J connectivity index is 1.47. The second kappa shape index (κ2) is 13.9. The van der Waals surface area contributed by atoms with Crippen molar-refractivity contribution in [3.8, 4) is 0 Å². The molecule has 4 rings (SSSR count). The summed E-state index contributed by atoms with van der Waals surface area (Å²) in [5, 5.41) is 3.21. The minimum Gasteiger partial charge on any atom is -0.465 e. The van der Waals surface area contributed by atoms with Gasteiger partial charge < -0.3 is 14.4 Å². The van der Waals surface area contributed by atoms with Crippen molar-refractivity contribution in [2.24, 2.45) is 5.92 Å². The largest absolute Gasteiger partial charge is 0.465 e. The predicted octanol–water partition coefficient (Wildman–Crippen LogP) is 4.38. The van der Waals surface area contributed by atoms with Gasteiger partial charge in [-0.3, -0.25) is 14.9 Å². The number of nitrogens with one attached hydrogen (secondary N) is 1. The number of carbonyl (C=O) groups excluding carboxylic acids is 3. The van der Waals surface area contributed by atoms with Crippen LogP contribution in [0.3, 0.4) is 0 Å². The number of aryl methyl sites for hydroxylation is 1. The number of ether oxygens (including phenoxy) is 2. The fraction of sp³-hybridized carbons (Fsp3) is 0.406. The molecule has 39 heavy (non-hydrogen) atoms. The SMILES string of the molecule is CCOC(=O)C(CCc1ccccc1)N[C@@H](C)C(=O)N1CC2=CC=CC[C@H]2C[C@H]1C(=O)OCc1ccccc1. The standard InChI is InChI=1S/C32H38N2O5/c1-3-38-31(36)28(19-18-24-12-6-4-7-13-24)33-23(2)30(35)34-21-27-17-11-10-16-26(27)20-29(34)32(37)39-22-25-14-8-5-9-15-25/h4-15,17,23,26,28-29,33H,3,16,18-22H2,1-2H3/t23-,26-,28?,29-/m0/s1. The van der Waals surface area contributed by atoms with Crippen molar-refractivity contribution in [2.45, 2.75) is 64.3 Å². The molecule has 2 aromatic carbocycles. The molecule has 4 atom stereocenters. The number of allylic oxidation sites excluding steroid dienone is 3. The Morgan fingerprint density at radius 3 is 2.38 bits per heavy atom. The lowest BCUT2D eigenvalue weighted by Gasteiger charge is -2.41.